The van der Waals surface area contributed by atoms with E-state index < -0.39 is 42.2 Å². The molecule has 1 aromatic carbocycles. The second-order valence-electron chi connectivity index (χ2n) is 6.14. The Kier molecular flexibility index (Phi) is 4.88. The van der Waals surface area contributed by atoms with E-state index in [1.165, 1.54) is 19.3 Å². The molecule has 0 unspecified atom stereocenters. The summed E-state index contributed by atoms with van der Waals surface area (Å²) in [6.07, 6.45) is -4.58. The van der Waals surface area contributed by atoms with E-state index in [1.807, 2.05) is 0 Å². The van der Waals surface area contributed by atoms with Crippen molar-refractivity contribution >= 4 is 29.2 Å². The standard InChI is InChI=1S/C18H15F3N2O5/c1-9-12(5-6-27-9)17(26)28-10(2)16(25)23-8-15(24)22-13-7-11(18(19,20)21)3-4-14(13)23/h3-7,10H,8H2,1-2H3,(H,22,24)/t10-/m1/s1. The number of furan rings is 1. The van der Waals surface area contributed by atoms with Crippen LogP contribution < -0.4 is 10.2 Å². The summed E-state index contributed by atoms with van der Waals surface area (Å²) >= 11 is 0. The molecule has 2 amide bonds. The van der Waals surface area contributed by atoms with E-state index in [2.05, 4.69) is 5.32 Å². The molecule has 2 heterocycles. The molecular formula is C18H15F3N2O5. The first kappa shape index (κ1) is 19.5. The summed E-state index contributed by atoms with van der Waals surface area (Å²) in [7, 11) is 0. The third kappa shape index (κ3) is 3.71. The number of benzene rings is 1. The zero-order valence-corrected chi connectivity index (χ0v) is 14.8. The number of fused-ring (bicyclic) bond motifs is 1. The van der Waals surface area contributed by atoms with Crippen LogP contribution in [0, 0.1) is 6.92 Å². The van der Waals surface area contributed by atoms with Crippen LogP contribution in [0.2, 0.25) is 0 Å². The molecule has 0 saturated carbocycles. The van der Waals surface area contributed by atoms with Gasteiger partial charge in [-0.2, -0.15) is 13.2 Å². The molecule has 10 heteroatoms. The number of esters is 1. The monoisotopic (exact) mass is 396 g/mol. The van der Waals surface area contributed by atoms with Gasteiger partial charge in [0.05, 0.1) is 23.2 Å². The summed E-state index contributed by atoms with van der Waals surface area (Å²) < 4.78 is 48.8. The molecule has 1 atom stereocenters. The molecule has 1 N–H and O–H groups in total. The first-order chi connectivity index (χ1) is 13.1. The van der Waals surface area contributed by atoms with Crippen molar-refractivity contribution in [3.05, 3.63) is 47.4 Å². The van der Waals surface area contributed by atoms with E-state index in [0.717, 1.165) is 23.1 Å². The van der Waals surface area contributed by atoms with Crippen molar-refractivity contribution in [2.24, 2.45) is 0 Å². The Morgan fingerprint density at radius 2 is 2.00 bits per heavy atom. The largest absolute Gasteiger partial charge is 0.469 e. The van der Waals surface area contributed by atoms with Crippen LogP contribution >= 0.6 is 0 Å². The smallest absolute Gasteiger partial charge is 0.416 e. The first-order valence-electron chi connectivity index (χ1n) is 8.15. The van der Waals surface area contributed by atoms with Gasteiger partial charge in [-0.3, -0.25) is 14.5 Å². The van der Waals surface area contributed by atoms with Crippen molar-refractivity contribution in [1.29, 1.82) is 0 Å². The number of anilines is 2. The highest BCUT2D eigenvalue weighted by Gasteiger charge is 2.35. The predicted molar refractivity (Wildman–Crippen MR) is 90.7 cm³/mol. The molecule has 1 aliphatic rings. The zero-order chi connectivity index (χ0) is 20.6. The van der Waals surface area contributed by atoms with Gasteiger partial charge in [0, 0.05) is 0 Å². The van der Waals surface area contributed by atoms with Crippen LogP contribution in [0.5, 0.6) is 0 Å². The second kappa shape index (κ2) is 7.02. The maximum Gasteiger partial charge on any atom is 0.416 e. The van der Waals surface area contributed by atoms with Gasteiger partial charge < -0.3 is 14.5 Å². The van der Waals surface area contributed by atoms with Gasteiger partial charge in [0.15, 0.2) is 6.10 Å². The minimum atomic E-state index is -4.60. The van der Waals surface area contributed by atoms with Crippen LogP contribution in [0.4, 0.5) is 24.5 Å². The van der Waals surface area contributed by atoms with Gasteiger partial charge in [-0.1, -0.05) is 0 Å². The average Bonchev–Trinajstić information content (AvgIpc) is 3.05. The van der Waals surface area contributed by atoms with Gasteiger partial charge in [-0.05, 0) is 38.1 Å². The summed E-state index contributed by atoms with van der Waals surface area (Å²) in [5.74, 6) is -1.89. The molecular weight excluding hydrogens is 381 g/mol. The maximum atomic E-state index is 12.9. The number of ether oxygens (including phenoxy) is 1. The Morgan fingerprint density at radius 1 is 1.29 bits per heavy atom. The molecule has 0 spiro atoms. The number of rotatable bonds is 3. The summed E-state index contributed by atoms with van der Waals surface area (Å²) in [5.41, 5.74) is -0.884. The SMILES string of the molecule is Cc1occc1C(=O)O[C@H](C)C(=O)N1CC(=O)Nc2cc(C(F)(F)F)ccc21. The number of alkyl halides is 3. The van der Waals surface area contributed by atoms with Gasteiger partial charge in [0.2, 0.25) is 5.91 Å². The van der Waals surface area contributed by atoms with Gasteiger partial charge in [0.25, 0.3) is 5.91 Å². The van der Waals surface area contributed by atoms with E-state index in [0.29, 0.717) is 5.76 Å². The van der Waals surface area contributed by atoms with E-state index >= 15 is 0 Å². The maximum absolute atomic E-state index is 12.9. The number of hydrogen-bond acceptors (Lipinski definition) is 5. The molecule has 7 nitrogen and oxygen atoms in total. The Morgan fingerprint density at radius 3 is 2.61 bits per heavy atom. The summed E-state index contributed by atoms with van der Waals surface area (Å²) in [6, 6.07) is 4.03. The van der Waals surface area contributed by atoms with Gasteiger partial charge >= 0.3 is 12.1 Å². The van der Waals surface area contributed by atoms with Crippen LogP contribution in [0.1, 0.15) is 28.6 Å². The van der Waals surface area contributed by atoms with Crippen molar-refractivity contribution in [3.8, 4) is 0 Å². The van der Waals surface area contributed by atoms with E-state index in [1.54, 1.807) is 6.92 Å². The lowest BCUT2D eigenvalue weighted by Crippen LogP contribution is -2.47. The highest BCUT2D eigenvalue weighted by molar-refractivity contribution is 6.11. The third-order valence-corrected chi connectivity index (χ3v) is 4.17. The van der Waals surface area contributed by atoms with Gasteiger partial charge in [-0.15, -0.1) is 0 Å². The van der Waals surface area contributed by atoms with Gasteiger partial charge in [-0.25, -0.2) is 4.79 Å². The molecule has 0 radical (unpaired) electrons. The Bertz CT molecular complexity index is 951. The lowest BCUT2D eigenvalue weighted by atomic mass is 10.1. The molecule has 1 aromatic heterocycles. The van der Waals surface area contributed by atoms with Crippen LogP contribution in [0.3, 0.4) is 0 Å². The molecule has 28 heavy (non-hydrogen) atoms. The number of carbonyl (C=O) groups is 3. The van der Waals surface area contributed by atoms with Crippen molar-refractivity contribution in [2.75, 3.05) is 16.8 Å². The minimum absolute atomic E-state index is 0.0833. The Hall–Kier alpha value is -3.30. The fourth-order valence-corrected chi connectivity index (χ4v) is 2.75. The lowest BCUT2D eigenvalue weighted by Gasteiger charge is -2.31. The number of carbonyl (C=O) groups excluding carboxylic acids is 3. The fraction of sp³-hybridized carbons (Fsp3) is 0.278. The molecule has 3 rings (SSSR count). The number of aryl methyl sites for hydroxylation is 1. The van der Waals surface area contributed by atoms with Crippen LogP contribution in [0.15, 0.2) is 34.9 Å². The average molecular weight is 396 g/mol. The Labute approximate surface area is 157 Å². The number of nitrogens with zero attached hydrogens (tertiary/aromatic N) is 1. The molecule has 0 bridgehead atoms. The molecule has 0 fully saturated rings. The van der Waals surface area contributed by atoms with Crippen molar-refractivity contribution in [1.82, 2.24) is 0 Å². The minimum Gasteiger partial charge on any atom is -0.469 e. The predicted octanol–water partition coefficient (Wildman–Crippen LogP) is 3.14. The Balaban J connectivity index is 1.83. The van der Waals surface area contributed by atoms with Crippen molar-refractivity contribution < 1.29 is 36.7 Å². The fourth-order valence-electron chi connectivity index (χ4n) is 2.75. The highest BCUT2D eigenvalue weighted by Crippen LogP contribution is 2.37. The number of amides is 2. The van der Waals surface area contributed by atoms with Crippen LogP contribution in [0.25, 0.3) is 0 Å². The normalized spacial score (nSPS) is 14.9. The third-order valence-electron chi connectivity index (χ3n) is 4.17. The van der Waals surface area contributed by atoms with Crippen LogP contribution in [-0.4, -0.2) is 30.4 Å². The molecule has 2 aromatic rings. The lowest BCUT2D eigenvalue weighted by molar-refractivity contribution is -0.137. The quantitative estimate of drug-likeness (QED) is 0.806. The number of halogens is 3. The zero-order valence-electron chi connectivity index (χ0n) is 14.8. The molecule has 0 saturated heterocycles. The molecule has 0 aliphatic carbocycles. The highest BCUT2D eigenvalue weighted by atomic mass is 19.4. The topological polar surface area (TPSA) is 88.8 Å². The molecule has 148 valence electrons. The number of nitrogens with one attached hydrogen (secondary N) is 1. The van der Waals surface area contributed by atoms with Crippen molar-refractivity contribution in [2.45, 2.75) is 26.1 Å². The summed E-state index contributed by atoms with van der Waals surface area (Å²) in [4.78, 5) is 37.7. The van der Waals surface area contributed by atoms with E-state index in [4.69, 9.17) is 9.15 Å². The molecule has 1 aliphatic heterocycles. The number of hydrogen-bond donors (Lipinski definition) is 1. The van der Waals surface area contributed by atoms with E-state index in [9.17, 15) is 27.6 Å². The van der Waals surface area contributed by atoms with Crippen LogP contribution in [-0.2, 0) is 20.5 Å². The van der Waals surface area contributed by atoms with Crippen molar-refractivity contribution in [3.63, 3.8) is 0 Å². The summed E-state index contributed by atoms with van der Waals surface area (Å²) in [5, 5.41) is 2.31. The summed E-state index contributed by atoms with van der Waals surface area (Å²) in [6.45, 7) is 2.45. The van der Waals surface area contributed by atoms with Gasteiger partial charge in [0.1, 0.15) is 17.9 Å². The first-order valence-corrected chi connectivity index (χ1v) is 8.15. The second-order valence-corrected chi connectivity index (χ2v) is 6.14. The van der Waals surface area contributed by atoms with E-state index in [-0.39, 0.29) is 16.9 Å².